The van der Waals surface area contributed by atoms with Crippen LogP contribution in [0.1, 0.15) is 0 Å². The number of aryl methyl sites for hydroxylation is 1. The summed E-state index contributed by atoms with van der Waals surface area (Å²) in [6.07, 6.45) is 1.43. The van der Waals surface area contributed by atoms with Gasteiger partial charge in [0.1, 0.15) is 11.5 Å². The summed E-state index contributed by atoms with van der Waals surface area (Å²) in [5, 5.41) is 17.4. The molecular weight excluding hydrogens is 298 g/mol. The number of hydrogen-bond donors (Lipinski definition) is 2. The van der Waals surface area contributed by atoms with Crippen LogP contribution in [0.5, 0.6) is 0 Å². The fourth-order valence-corrected chi connectivity index (χ4v) is 2.82. The lowest BCUT2D eigenvalue weighted by Crippen LogP contribution is -2.15. The number of anilines is 2. The van der Waals surface area contributed by atoms with Crippen molar-refractivity contribution in [3.63, 3.8) is 0 Å². The van der Waals surface area contributed by atoms with E-state index in [0.29, 0.717) is 0 Å². The second-order valence-corrected chi connectivity index (χ2v) is 5.81. The zero-order valence-corrected chi connectivity index (χ0v) is 12.1. The molecule has 112 valence electrons. The number of nitrogens with zero attached hydrogens (tertiary/aromatic N) is 3. The first-order valence-corrected chi connectivity index (χ1v) is 7.30. The Balaban J connectivity index is 2.43. The van der Waals surface area contributed by atoms with Gasteiger partial charge in [-0.1, -0.05) is 0 Å². The summed E-state index contributed by atoms with van der Waals surface area (Å²) >= 11 is 0. The molecule has 0 saturated carbocycles. The van der Waals surface area contributed by atoms with Crippen LogP contribution in [0.15, 0.2) is 35.4 Å². The smallest absolute Gasteiger partial charge is 0.293 e. The van der Waals surface area contributed by atoms with Crippen LogP contribution in [-0.4, -0.2) is 30.2 Å². The molecule has 21 heavy (non-hydrogen) atoms. The van der Waals surface area contributed by atoms with Crippen LogP contribution >= 0.6 is 0 Å². The highest BCUT2D eigenvalue weighted by Crippen LogP contribution is 2.27. The lowest BCUT2D eigenvalue weighted by Gasteiger charge is -2.09. The van der Waals surface area contributed by atoms with E-state index in [1.807, 2.05) is 0 Å². The molecule has 0 saturated heterocycles. The molecule has 0 aliphatic carbocycles. The van der Waals surface area contributed by atoms with Crippen molar-refractivity contribution in [2.24, 2.45) is 7.05 Å². The number of sulfonamides is 1. The second-order valence-electron chi connectivity index (χ2n) is 4.13. The molecule has 0 atom stereocenters. The Morgan fingerprint density at radius 3 is 2.57 bits per heavy atom. The zero-order valence-electron chi connectivity index (χ0n) is 11.3. The minimum Gasteiger partial charge on any atom is -0.383 e. The van der Waals surface area contributed by atoms with Crippen molar-refractivity contribution in [2.45, 2.75) is 4.90 Å². The van der Waals surface area contributed by atoms with Crippen molar-refractivity contribution in [3.8, 4) is 0 Å². The molecule has 9 nitrogen and oxygen atoms in total. The predicted octanol–water partition coefficient (Wildman–Crippen LogP) is 1.17. The molecule has 0 unspecified atom stereocenters. The summed E-state index contributed by atoms with van der Waals surface area (Å²) in [7, 11) is -0.838. The van der Waals surface area contributed by atoms with E-state index < -0.39 is 14.9 Å². The quantitative estimate of drug-likeness (QED) is 0.632. The number of nitrogens with one attached hydrogen (secondary N) is 2. The Morgan fingerprint density at radius 1 is 1.33 bits per heavy atom. The van der Waals surface area contributed by atoms with E-state index in [9.17, 15) is 18.5 Å². The van der Waals surface area contributed by atoms with Crippen LogP contribution in [0.2, 0.25) is 0 Å². The van der Waals surface area contributed by atoms with Gasteiger partial charge in [0.05, 0.1) is 16.0 Å². The zero-order chi connectivity index (χ0) is 15.6. The van der Waals surface area contributed by atoms with Gasteiger partial charge in [-0.2, -0.15) is 5.10 Å². The molecule has 1 heterocycles. The van der Waals surface area contributed by atoms with Crippen LogP contribution in [0.25, 0.3) is 0 Å². The molecule has 0 radical (unpaired) electrons. The lowest BCUT2D eigenvalue weighted by atomic mass is 10.3. The highest BCUT2D eigenvalue weighted by atomic mass is 32.2. The van der Waals surface area contributed by atoms with Gasteiger partial charge in [-0.05, 0) is 12.1 Å². The average Bonchev–Trinajstić information content (AvgIpc) is 2.82. The van der Waals surface area contributed by atoms with E-state index in [0.717, 1.165) is 6.07 Å². The third kappa shape index (κ3) is 2.94. The number of nitro benzene ring substituents is 1. The van der Waals surface area contributed by atoms with E-state index in [1.165, 1.54) is 36.1 Å². The van der Waals surface area contributed by atoms with Crippen molar-refractivity contribution in [2.75, 3.05) is 17.1 Å². The third-order valence-corrected chi connectivity index (χ3v) is 4.16. The van der Waals surface area contributed by atoms with Gasteiger partial charge in [0.2, 0.25) is 0 Å². The van der Waals surface area contributed by atoms with Crippen LogP contribution in [0, 0.1) is 10.1 Å². The van der Waals surface area contributed by atoms with Gasteiger partial charge in [0, 0.05) is 26.2 Å². The average molecular weight is 311 g/mol. The highest BCUT2D eigenvalue weighted by Gasteiger charge is 2.21. The van der Waals surface area contributed by atoms with Gasteiger partial charge in [-0.3, -0.25) is 19.5 Å². The minimum absolute atomic E-state index is 0.200. The Bertz CT molecular complexity index is 784. The number of hydrogen-bond acceptors (Lipinski definition) is 6. The molecule has 0 spiro atoms. The minimum atomic E-state index is -3.93. The Labute approximate surface area is 120 Å². The van der Waals surface area contributed by atoms with Gasteiger partial charge in [0.15, 0.2) is 0 Å². The molecule has 1 aromatic heterocycles. The topological polar surface area (TPSA) is 119 Å². The van der Waals surface area contributed by atoms with Gasteiger partial charge in [-0.25, -0.2) is 8.42 Å². The fraction of sp³-hybridized carbons (Fsp3) is 0.182. The van der Waals surface area contributed by atoms with E-state index >= 15 is 0 Å². The summed E-state index contributed by atoms with van der Waals surface area (Å²) in [5.41, 5.74) is -0.0788. The second kappa shape index (κ2) is 5.40. The maximum Gasteiger partial charge on any atom is 0.293 e. The Morgan fingerprint density at radius 2 is 2.05 bits per heavy atom. The summed E-state index contributed by atoms with van der Waals surface area (Å²) in [4.78, 5) is 10.1. The van der Waals surface area contributed by atoms with Crippen molar-refractivity contribution in [1.29, 1.82) is 0 Å². The van der Waals surface area contributed by atoms with Gasteiger partial charge in [-0.15, -0.1) is 0 Å². The van der Waals surface area contributed by atoms with Crippen molar-refractivity contribution < 1.29 is 13.3 Å². The molecule has 0 amide bonds. The summed E-state index contributed by atoms with van der Waals surface area (Å²) < 4.78 is 28.1. The van der Waals surface area contributed by atoms with Crippen LogP contribution in [0.4, 0.5) is 17.2 Å². The van der Waals surface area contributed by atoms with Crippen molar-refractivity contribution >= 4 is 27.2 Å². The molecular formula is C11H13N5O4S. The summed E-state index contributed by atoms with van der Waals surface area (Å²) in [6, 6.07) is 5.12. The standard InChI is InChI=1S/C11H13N5O4S/c1-12-9-4-3-8(7-10(9)16(17)18)21(19,20)14-11-5-6-13-15(11)2/h3-7,12,14H,1-2H3. The van der Waals surface area contributed by atoms with E-state index in [2.05, 4.69) is 15.1 Å². The summed E-state index contributed by atoms with van der Waals surface area (Å²) in [6.45, 7) is 0. The maximum atomic E-state index is 12.2. The molecule has 2 rings (SSSR count). The number of rotatable bonds is 5. The highest BCUT2D eigenvalue weighted by molar-refractivity contribution is 7.92. The normalized spacial score (nSPS) is 11.1. The van der Waals surface area contributed by atoms with Crippen LogP contribution in [-0.2, 0) is 17.1 Å². The SMILES string of the molecule is CNc1ccc(S(=O)(=O)Nc2ccnn2C)cc1[N+](=O)[O-]. The lowest BCUT2D eigenvalue weighted by molar-refractivity contribution is -0.384. The molecule has 0 bridgehead atoms. The third-order valence-electron chi connectivity index (χ3n) is 2.81. The fourth-order valence-electron chi connectivity index (χ4n) is 1.71. The first-order valence-electron chi connectivity index (χ1n) is 5.82. The van der Waals surface area contributed by atoms with Crippen molar-refractivity contribution in [3.05, 3.63) is 40.6 Å². The molecule has 10 heteroatoms. The van der Waals surface area contributed by atoms with Gasteiger partial charge < -0.3 is 5.32 Å². The van der Waals surface area contributed by atoms with Gasteiger partial charge >= 0.3 is 0 Å². The van der Waals surface area contributed by atoms with E-state index in [-0.39, 0.29) is 22.1 Å². The monoisotopic (exact) mass is 311 g/mol. The number of aromatic nitrogens is 2. The van der Waals surface area contributed by atoms with Crippen molar-refractivity contribution in [1.82, 2.24) is 9.78 Å². The number of benzene rings is 1. The van der Waals surface area contributed by atoms with Gasteiger partial charge in [0.25, 0.3) is 15.7 Å². The molecule has 0 aliphatic rings. The summed E-state index contributed by atoms with van der Waals surface area (Å²) in [5.74, 6) is 0.260. The first-order chi connectivity index (χ1) is 9.85. The number of nitro groups is 1. The molecule has 0 fully saturated rings. The van der Waals surface area contributed by atoms with Crippen LogP contribution < -0.4 is 10.0 Å². The Hall–Kier alpha value is -2.62. The Kier molecular flexibility index (Phi) is 3.80. The first kappa shape index (κ1) is 14.8. The van der Waals surface area contributed by atoms with E-state index in [1.54, 1.807) is 7.05 Å². The molecule has 0 aliphatic heterocycles. The van der Waals surface area contributed by atoms with Crippen LogP contribution in [0.3, 0.4) is 0 Å². The van der Waals surface area contributed by atoms with E-state index in [4.69, 9.17) is 0 Å². The maximum absolute atomic E-state index is 12.2. The predicted molar refractivity (Wildman–Crippen MR) is 76.7 cm³/mol. The molecule has 2 N–H and O–H groups in total. The molecule has 1 aromatic carbocycles. The largest absolute Gasteiger partial charge is 0.383 e. The molecule has 2 aromatic rings.